The minimum atomic E-state index is -1.09. The van der Waals surface area contributed by atoms with Gasteiger partial charge in [-0.3, -0.25) is 15.6 Å². The highest BCUT2D eigenvalue weighted by Gasteiger charge is 2.15. The number of halogens is 2. The molecule has 5 N–H and O–H groups in total. The van der Waals surface area contributed by atoms with Gasteiger partial charge in [-0.2, -0.15) is 10.4 Å². The Labute approximate surface area is 112 Å². The van der Waals surface area contributed by atoms with E-state index in [9.17, 15) is 13.6 Å². The molecule has 1 amide bonds. The lowest BCUT2D eigenvalue weighted by molar-refractivity contribution is -0.114. The molecule has 0 radical (unpaired) electrons. The van der Waals surface area contributed by atoms with Crippen LogP contribution >= 0.6 is 0 Å². The van der Waals surface area contributed by atoms with Crippen LogP contribution in [0.2, 0.25) is 0 Å². The van der Waals surface area contributed by atoms with E-state index in [0.717, 1.165) is 19.1 Å². The predicted molar refractivity (Wildman–Crippen MR) is 69.2 cm³/mol. The number of amides is 1. The van der Waals surface area contributed by atoms with Crippen molar-refractivity contribution in [2.75, 3.05) is 10.7 Å². The van der Waals surface area contributed by atoms with E-state index >= 15 is 0 Å². The molecule has 1 rings (SSSR count). The van der Waals surface area contributed by atoms with Gasteiger partial charge in [-0.15, -0.1) is 0 Å². The van der Waals surface area contributed by atoms with Crippen LogP contribution in [0.25, 0.3) is 0 Å². The van der Waals surface area contributed by atoms with Gasteiger partial charge in [0.15, 0.2) is 11.7 Å². The van der Waals surface area contributed by atoms with Crippen molar-refractivity contribution in [3.8, 4) is 6.07 Å². The first kappa shape index (κ1) is 15.0. The summed E-state index contributed by atoms with van der Waals surface area (Å²) in [5.74, 6) is -3.31. The Morgan fingerprint density at radius 1 is 1.50 bits per heavy atom. The zero-order valence-electron chi connectivity index (χ0n) is 10.3. The van der Waals surface area contributed by atoms with Crippen LogP contribution < -0.4 is 16.5 Å². The Morgan fingerprint density at radius 2 is 2.15 bits per heavy atom. The third-order valence-electron chi connectivity index (χ3n) is 2.04. The third-order valence-corrected chi connectivity index (χ3v) is 2.04. The number of benzene rings is 1. The lowest BCUT2D eigenvalue weighted by Gasteiger charge is -2.09. The van der Waals surface area contributed by atoms with Crippen LogP contribution in [0.15, 0.2) is 17.2 Å². The Hall–Kier alpha value is -3.02. The molecule has 0 heterocycles. The number of anilines is 2. The highest BCUT2D eigenvalue weighted by molar-refractivity contribution is 6.45. The summed E-state index contributed by atoms with van der Waals surface area (Å²) in [6.07, 6.45) is 0. The number of hydrogen-bond acceptors (Lipinski definition) is 5. The van der Waals surface area contributed by atoms with Gasteiger partial charge < -0.3 is 11.1 Å². The van der Waals surface area contributed by atoms with Gasteiger partial charge in [0.05, 0.1) is 5.69 Å². The van der Waals surface area contributed by atoms with E-state index in [4.69, 9.17) is 16.4 Å². The molecule has 1 aromatic rings. The fourth-order valence-electron chi connectivity index (χ4n) is 1.19. The number of nitriles is 1. The molecule has 1 aromatic carbocycles. The van der Waals surface area contributed by atoms with Crippen molar-refractivity contribution in [2.24, 2.45) is 10.8 Å². The molecule has 7 nitrogen and oxygen atoms in total. The number of nitrogens with zero attached hydrogens (tertiary/aromatic N) is 2. The van der Waals surface area contributed by atoms with Crippen molar-refractivity contribution < 1.29 is 13.6 Å². The van der Waals surface area contributed by atoms with Gasteiger partial charge in [0.25, 0.3) is 0 Å². The van der Waals surface area contributed by atoms with E-state index in [1.807, 2.05) is 5.32 Å². The average molecular weight is 280 g/mol. The Balaban J connectivity index is 3.13. The van der Waals surface area contributed by atoms with Crippen molar-refractivity contribution in [3.63, 3.8) is 0 Å². The fourth-order valence-corrected chi connectivity index (χ4v) is 1.19. The summed E-state index contributed by atoms with van der Waals surface area (Å²) < 4.78 is 27.3. The number of hydrazone groups is 1. The van der Waals surface area contributed by atoms with Crippen LogP contribution in [0.1, 0.15) is 6.92 Å². The number of nitrogens with one attached hydrogen (secondary N) is 3. The molecule has 0 aliphatic heterocycles. The molecule has 0 spiro atoms. The van der Waals surface area contributed by atoms with E-state index in [1.54, 1.807) is 0 Å². The SMILES string of the molecule is CC(=O)Nc1c(F)ccc(N/N=C(\C#N)C(=N)N)c1F. The highest BCUT2D eigenvalue weighted by Crippen LogP contribution is 2.25. The second kappa shape index (κ2) is 6.24. The van der Waals surface area contributed by atoms with Crippen molar-refractivity contribution in [1.82, 2.24) is 0 Å². The van der Waals surface area contributed by atoms with E-state index in [2.05, 4.69) is 10.5 Å². The molecule has 0 aliphatic rings. The Bertz CT molecular complexity index is 635. The summed E-state index contributed by atoms with van der Waals surface area (Å²) in [6, 6.07) is 3.45. The minimum absolute atomic E-state index is 0.288. The molecule has 0 saturated carbocycles. The van der Waals surface area contributed by atoms with Gasteiger partial charge in [0.2, 0.25) is 11.6 Å². The molecule has 0 unspecified atom stereocenters. The summed E-state index contributed by atoms with van der Waals surface area (Å²) >= 11 is 0. The first-order valence-electron chi connectivity index (χ1n) is 5.20. The number of nitrogens with two attached hydrogens (primary N) is 1. The van der Waals surface area contributed by atoms with Gasteiger partial charge in [-0.25, -0.2) is 8.78 Å². The number of hydrogen-bond donors (Lipinski definition) is 4. The number of rotatable bonds is 4. The van der Waals surface area contributed by atoms with Crippen molar-refractivity contribution in [2.45, 2.75) is 6.92 Å². The summed E-state index contributed by atoms with van der Waals surface area (Å²) in [7, 11) is 0. The maximum Gasteiger partial charge on any atom is 0.221 e. The molecule has 0 atom stereocenters. The lowest BCUT2D eigenvalue weighted by atomic mass is 10.2. The zero-order chi connectivity index (χ0) is 15.3. The van der Waals surface area contributed by atoms with Crippen LogP contribution in [-0.2, 0) is 4.79 Å². The lowest BCUT2D eigenvalue weighted by Crippen LogP contribution is -2.22. The van der Waals surface area contributed by atoms with E-state index in [0.29, 0.717) is 0 Å². The van der Waals surface area contributed by atoms with E-state index in [-0.39, 0.29) is 5.69 Å². The van der Waals surface area contributed by atoms with Crippen LogP contribution in [0.3, 0.4) is 0 Å². The van der Waals surface area contributed by atoms with Crippen LogP contribution in [0.4, 0.5) is 20.2 Å². The third kappa shape index (κ3) is 3.49. The molecule has 0 fully saturated rings. The van der Waals surface area contributed by atoms with Crippen molar-refractivity contribution in [3.05, 3.63) is 23.8 Å². The molecule has 0 aliphatic carbocycles. The summed E-state index contributed by atoms with van der Waals surface area (Å²) in [5, 5.41) is 21.0. The topological polar surface area (TPSA) is 127 Å². The number of carbonyl (C=O) groups excluding carboxylic acids is 1. The Morgan fingerprint density at radius 3 is 2.65 bits per heavy atom. The first-order valence-corrected chi connectivity index (χ1v) is 5.20. The quantitative estimate of drug-likeness (QED) is 0.374. The Kier molecular flexibility index (Phi) is 4.69. The molecular formula is C11H10F2N6O. The number of amidine groups is 1. The number of carbonyl (C=O) groups is 1. The van der Waals surface area contributed by atoms with Crippen LogP contribution in [0, 0.1) is 28.4 Å². The molecule has 104 valence electrons. The minimum Gasteiger partial charge on any atom is -0.382 e. The van der Waals surface area contributed by atoms with Gasteiger partial charge in [0, 0.05) is 6.92 Å². The second-order valence-corrected chi connectivity index (χ2v) is 3.56. The molecule has 9 heteroatoms. The monoisotopic (exact) mass is 280 g/mol. The highest BCUT2D eigenvalue weighted by atomic mass is 19.1. The van der Waals surface area contributed by atoms with Gasteiger partial charge in [0.1, 0.15) is 17.6 Å². The van der Waals surface area contributed by atoms with Crippen LogP contribution in [0.5, 0.6) is 0 Å². The van der Waals surface area contributed by atoms with Crippen molar-refractivity contribution in [1.29, 1.82) is 10.7 Å². The maximum absolute atomic E-state index is 13.9. The fraction of sp³-hybridized carbons (Fsp3) is 0.0909. The predicted octanol–water partition coefficient (Wildman–Crippen LogP) is 1.15. The smallest absolute Gasteiger partial charge is 0.221 e. The summed E-state index contributed by atoms with van der Waals surface area (Å²) in [6.45, 7) is 1.10. The molecule has 20 heavy (non-hydrogen) atoms. The van der Waals surface area contributed by atoms with Gasteiger partial charge >= 0.3 is 0 Å². The largest absolute Gasteiger partial charge is 0.382 e. The molecule has 0 aromatic heterocycles. The zero-order valence-corrected chi connectivity index (χ0v) is 10.3. The normalized spacial score (nSPS) is 10.6. The second-order valence-electron chi connectivity index (χ2n) is 3.56. The van der Waals surface area contributed by atoms with Gasteiger partial charge in [-0.1, -0.05) is 0 Å². The first-order chi connectivity index (χ1) is 9.36. The van der Waals surface area contributed by atoms with Crippen LogP contribution in [-0.4, -0.2) is 17.5 Å². The average Bonchev–Trinajstić information content (AvgIpc) is 2.37. The summed E-state index contributed by atoms with van der Waals surface area (Å²) in [4.78, 5) is 10.9. The molecular weight excluding hydrogens is 270 g/mol. The maximum atomic E-state index is 13.9. The van der Waals surface area contributed by atoms with Gasteiger partial charge in [-0.05, 0) is 12.1 Å². The van der Waals surface area contributed by atoms with Crippen molar-refractivity contribution >= 4 is 28.8 Å². The molecule has 0 bridgehead atoms. The van der Waals surface area contributed by atoms with E-state index < -0.39 is 34.8 Å². The van der Waals surface area contributed by atoms with E-state index in [1.165, 1.54) is 6.07 Å². The standard InChI is InChI=1S/C11H10F2N6O/c1-5(20)17-10-6(12)2-3-7(9(10)13)18-19-8(4-14)11(15)16/h2-3,18H,1H3,(H3,15,16)(H,17,20)/b19-8+. The molecule has 0 saturated heterocycles. The summed E-state index contributed by atoms with van der Waals surface area (Å²) in [5.41, 5.74) is 5.80.